The highest BCUT2D eigenvalue weighted by atomic mass is 19.1. The minimum Gasteiger partial charge on any atom is -0.504 e. The Morgan fingerprint density at radius 2 is 1.92 bits per heavy atom. The van der Waals surface area contributed by atoms with Gasteiger partial charge in [0.15, 0.2) is 0 Å². The van der Waals surface area contributed by atoms with Crippen LogP contribution in [0.4, 0.5) is 4.39 Å². The molecule has 0 saturated carbocycles. The largest absolute Gasteiger partial charge is 0.504 e. The molecule has 0 saturated heterocycles. The Balaban J connectivity index is 2.89. The molecule has 0 amide bonds. The third-order valence-electron chi connectivity index (χ3n) is 1.59. The Morgan fingerprint density at radius 1 is 1.33 bits per heavy atom. The maximum Gasteiger partial charge on any atom is 0.123 e. The molecule has 0 aliphatic heterocycles. The Bertz CT molecular complexity index is 274. The first kappa shape index (κ1) is 8.78. The summed E-state index contributed by atoms with van der Waals surface area (Å²) in [5, 5.41) is 0. The van der Waals surface area contributed by atoms with Crippen LogP contribution in [-0.2, 0) is 4.74 Å². The van der Waals surface area contributed by atoms with Gasteiger partial charge in [0, 0.05) is 0 Å². The predicted octanol–water partition coefficient (Wildman–Crippen LogP) is 2.83. The first-order valence-electron chi connectivity index (χ1n) is 3.69. The minimum atomic E-state index is -0.219. The Kier molecular flexibility index (Phi) is 2.86. The lowest BCUT2D eigenvalue weighted by atomic mass is 10.1. The quantitative estimate of drug-likeness (QED) is 0.614. The number of ether oxygens (including phenoxy) is 1. The zero-order chi connectivity index (χ0) is 8.97. The molecule has 0 aliphatic rings. The second kappa shape index (κ2) is 3.90. The molecular weight excluding hydrogens is 155 g/mol. The van der Waals surface area contributed by atoms with Crippen LogP contribution in [-0.4, -0.2) is 7.11 Å². The first-order chi connectivity index (χ1) is 5.74. The van der Waals surface area contributed by atoms with Crippen molar-refractivity contribution >= 4 is 5.57 Å². The van der Waals surface area contributed by atoms with Gasteiger partial charge < -0.3 is 4.74 Å². The minimum absolute atomic E-state index is 0.219. The number of benzene rings is 1. The monoisotopic (exact) mass is 166 g/mol. The van der Waals surface area contributed by atoms with Gasteiger partial charge in [-0.25, -0.2) is 4.39 Å². The van der Waals surface area contributed by atoms with Crippen LogP contribution in [0.1, 0.15) is 12.5 Å². The summed E-state index contributed by atoms with van der Waals surface area (Å²) < 4.78 is 17.3. The lowest BCUT2D eigenvalue weighted by Gasteiger charge is -1.99. The number of rotatable bonds is 2. The van der Waals surface area contributed by atoms with E-state index in [0.29, 0.717) is 0 Å². The number of hydrogen-bond acceptors (Lipinski definition) is 1. The SMILES string of the molecule is COC=C(C)c1ccc(F)cc1. The lowest BCUT2D eigenvalue weighted by molar-refractivity contribution is 0.339. The number of halogens is 1. The molecule has 0 bridgehead atoms. The van der Waals surface area contributed by atoms with E-state index in [2.05, 4.69) is 0 Å². The van der Waals surface area contributed by atoms with Gasteiger partial charge >= 0.3 is 0 Å². The van der Waals surface area contributed by atoms with Crippen LogP contribution in [0.2, 0.25) is 0 Å². The van der Waals surface area contributed by atoms with Crippen molar-refractivity contribution in [1.29, 1.82) is 0 Å². The van der Waals surface area contributed by atoms with E-state index in [1.807, 2.05) is 6.92 Å². The fourth-order valence-corrected chi connectivity index (χ4v) is 0.958. The molecule has 12 heavy (non-hydrogen) atoms. The van der Waals surface area contributed by atoms with Crippen LogP contribution < -0.4 is 0 Å². The zero-order valence-corrected chi connectivity index (χ0v) is 7.17. The van der Waals surface area contributed by atoms with E-state index < -0.39 is 0 Å². The van der Waals surface area contributed by atoms with Crippen molar-refractivity contribution in [3.8, 4) is 0 Å². The van der Waals surface area contributed by atoms with Crippen LogP contribution in [0.15, 0.2) is 30.5 Å². The van der Waals surface area contributed by atoms with Crippen LogP contribution in [0.5, 0.6) is 0 Å². The molecule has 2 heteroatoms. The molecule has 1 aromatic carbocycles. The van der Waals surface area contributed by atoms with Gasteiger partial charge in [-0.3, -0.25) is 0 Å². The van der Waals surface area contributed by atoms with Gasteiger partial charge in [-0.1, -0.05) is 12.1 Å². The zero-order valence-electron chi connectivity index (χ0n) is 7.17. The fourth-order valence-electron chi connectivity index (χ4n) is 0.958. The molecule has 0 fully saturated rings. The molecule has 0 atom stereocenters. The van der Waals surface area contributed by atoms with E-state index in [0.717, 1.165) is 11.1 Å². The maximum atomic E-state index is 12.5. The molecule has 64 valence electrons. The molecule has 1 nitrogen and oxygen atoms in total. The molecule has 0 unspecified atom stereocenters. The maximum absolute atomic E-state index is 12.5. The van der Waals surface area contributed by atoms with E-state index >= 15 is 0 Å². The van der Waals surface area contributed by atoms with E-state index in [9.17, 15) is 4.39 Å². The Hall–Kier alpha value is -1.31. The average Bonchev–Trinajstić information content (AvgIpc) is 2.06. The molecule has 0 aliphatic carbocycles. The molecule has 1 rings (SSSR count). The molecule has 0 radical (unpaired) electrons. The van der Waals surface area contributed by atoms with Crippen molar-refractivity contribution in [2.45, 2.75) is 6.92 Å². The van der Waals surface area contributed by atoms with Crippen molar-refractivity contribution < 1.29 is 9.13 Å². The standard InChI is InChI=1S/C10H11FO/c1-8(7-12-2)9-3-5-10(11)6-4-9/h3-7H,1-2H3. The normalized spacial score (nSPS) is 11.4. The van der Waals surface area contributed by atoms with E-state index in [1.54, 1.807) is 25.5 Å². The second-order valence-corrected chi connectivity index (χ2v) is 2.54. The highest BCUT2D eigenvalue weighted by Crippen LogP contribution is 2.13. The van der Waals surface area contributed by atoms with Crippen molar-refractivity contribution in [3.05, 3.63) is 41.9 Å². The van der Waals surface area contributed by atoms with E-state index in [-0.39, 0.29) is 5.82 Å². The fraction of sp³-hybridized carbons (Fsp3) is 0.200. The van der Waals surface area contributed by atoms with Crippen LogP contribution in [0, 0.1) is 5.82 Å². The summed E-state index contributed by atoms with van der Waals surface area (Å²) in [5.74, 6) is -0.219. The van der Waals surface area contributed by atoms with Crippen molar-refractivity contribution in [2.75, 3.05) is 7.11 Å². The molecule has 1 aromatic rings. The highest BCUT2D eigenvalue weighted by Gasteiger charge is 1.95. The third-order valence-corrected chi connectivity index (χ3v) is 1.59. The summed E-state index contributed by atoms with van der Waals surface area (Å²) in [6, 6.07) is 6.31. The van der Waals surface area contributed by atoms with Crippen LogP contribution in [0.25, 0.3) is 5.57 Å². The van der Waals surface area contributed by atoms with E-state index in [4.69, 9.17) is 4.74 Å². The van der Waals surface area contributed by atoms with Crippen LogP contribution in [0.3, 0.4) is 0 Å². The van der Waals surface area contributed by atoms with Gasteiger partial charge in [0.05, 0.1) is 13.4 Å². The molecule has 0 N–H and O–H groups in total. The van der Waals surface area contributed by atoms with Gasteiger partial charge in [0.2, 0.25) is 0 Å². The third kappa shape index (κ3) is 2.09. The molecule has 0 heterocycles. The Labute approximate surface area is 71.5 Å². The number of allylic oxidation sites excluding steroid dienone is 1. The summed E-state index contributed by atoms with van der Waals surface area (Å²) in [5.41, 5.74) is 1.95. The summed E-state index contributed by atoms with van der Waals surface area (Å²) in [6.07, 6.45) is 1.63. The van der Waals surface area contributed by atoms with Gasteiger partial charge in [0.1, 0.15) is 5.82 Å². The van der Waals surface area contributed by atoms with Gasteiger partial charge in [-0.2, -0.15) is 0 Å². The van der Waals surface area contributed by atoms with Gasteiger partial charge in [-0.15, -0.1) is 0 Å². The number of methoxy groups -OCH3 is 1. The van der Waals surface area contributed by atoms with Crippen molar-refractivity contribution in [2.24, 2.45) is 0 Å². The lowest BCUT2D eigenvalue weighted by Crippen LogP contribution is -1.81. The molecule has 0 spiro atoms. The second-order valence-electron chi connectivity index (χ2n) is 2.54. The molecule has 0 aromatic heterocycles. The molecular formula is C10H11FO. The first-order valence-corrected chi connectivity index (χ1v) is 3.69. The van der Waals surface area contributed by atoms with Gasteiger partial charge in [0.25, 0.3) is 0 Å². The van der Waals surface area contributed by atoms with Gasteiger partial charge in [-0.05, 0) is 30.2 Å². The van der Waals surface area contributed by atoms with Crippen molar-refractivity contribution in [3.63, 3.8) is 0 Å². The average molecular weight is 166 g/mol. The van der Waals surface area contributed by atoms with E-state index in [1.165, 1.54) is 12.1 Å². The Morgan fingerprint density at radius 3 is 2.42 bits per heavy atom. The number of hydrogen-bond donors (Lipinski definition) is 0. The summed E-state index contributed by atoms with van der Waals surface area (Å²) in [4.78, 5) is 0. The highest BCUT2D eigenvalue weighted by molar-refractivity contribution is 5.62. The topological polar surface area (TPSA) is 9.23 Å². The summed E-state index contributed by atoms with van der Waals surface area (Å²) in [6.45, 7) is 1.91. The predicted molar refractivity (Wildman–Crippen MR) is 47.1 cm³/mol. The summed E-state index contributed by atoms with van der Waals surface area (Å²) >= 11 is 0. The van der Waals surface area contributed by atoms with Crippen LogP contribution >= 0.6 is 0 Å². The summed E-state index contributed by atoms with van der Waals surface area (Å²) in [7, 11) is 1.59. The van der Waals surface area contributed by atoms with Crippen molar-refractivity contribution in [1.82, 2.24) is 0 Å². The smallest absolute Gasteiger partial charge is 0.123 e.